The van der Waals surface area contributed by atoms with E-state index in [0.29, 0.717) is 28.7 Å². The number of halogens is 1. The van der Waals surface area contributed by atoms with Crippen LogP contribution >= 0.6 is 11.6 Å². The second kappa shape index (κ2) is 6.84. The van der Waals surface area contributed by atoms with Crippen molar-refractivity contribution in [3.8, 4) is 0 Å². The fourth-order valence-corrected chi connectivity index (χ4v) is 2.33. The summed E-state index contributed by atoms with van der Waals surface area (Å²) >= 11 is 5.81. The maximum Gasteiger partial charge on any atom is 0.255 e. The van der Waals surface area contributed by atoms with E-state index in [9.17, 15) is 9.59 Å². The van der Waals surface area contributed by atoms with Gasteiger partial charge in [0.1, 0.15) is 0 Å². The van der Waals surface area contributed by atoms with Gasteiger partial charge in [0.2, 0.25) is 5.91 Å². The van der Waals surface area contributed by atoms with Crippen molar-refractivity contribution in [2.24, 2.45) is 0 Å². The predicted octanol–water partition coefficient (Wildman–Crippen LogP) is 3.41. The van der Waals surface area contributed by atoms with Crippen LogP contribution < -0.4 is 10.6 Å². The SMILES string of the molecule is O=C(Cc1ccc(NC(=O)c2ccc(Cl)cc2)cc1)NC1CC1. The van der Waals surface area contributed by atoms with Crippen LogP contribution in [-0.4, -0.2) is 17.9 Å². The Morgan fingerprint density at radius 2 is 1.65 bits per heavy atom. The predicted molar refractivity (Wildman–Crippen MR) is 90.7 cm³/mol. The van der Waals surface area contributed by atoms with Gasteiger partial charge in [-0.05, 0) is 54.8 Å². The van der Waals surface area contributed by atoms with Gasteiger partial charge in [-0.1, -0.05) is 23.7 Å². The fraction of sp³-hybridized carbons (Fsp3) is 0.222. The van der Waals surface area contributed by atoms with E-state index in [1.54, 1.807) is 36.4 Å². The van der Waals surface area contributed by atoms with E-state index >= 15 is 0 Å². The lowest BCUT2D eigenvalue weighted by molar-refractivity contribution is -0.120. The third-order valence-electron chi connectivity index (χ3n) is 3.63. The lowest BCUT2D eigenvalue weighted by Gasteiger charge is -2.07. The molecule has 0 heterocycles. The molecule has 0 saturated heterocycles. The molecular formula is C18H17ClN2O2. The summed E-state index contributed by atoms with van der Waals surface area (Å²) in [5, 5.41) is 6.37. The van der Waals surface area contributed by atoms with E-state index < -0.39 is 0 Å². The summed E-state index contributed by atoms with van der Waals surface area (Å²) in [4.78, 5) is 23.8. The molecule has 0 unspecified atom stereocenters. The van der Waals surface area contributed by atoms with Crippen molar-refractivity contribution in [1.29, 1.82) is 0 Å². The molecule has 2 N–H and O–H groups in total. The van der Waals surface area contributed by atoms with E-state index in [4.69, 9.17) is 11.6 Å². The van der Waals surface area contributed by atoms with Crippen molar-refractivity contribution in [1.82, 2.24) is 5.32 Å². The Hall–Kier alpha value is -2.33. The van der Waals surface area contributed by atoms with Crippen molar-refractivity contribution in [2.45, 2.75) is 25.3 Å². The van der Waals surface area contributed by atoms with Gasteiger partial charge < -0.3 is 10.6 Å². The van der Waals surface area contributed by atoms with Crippen LogP contribution in [0.15, 0.2) is 48.5 Å². The van der Waals surface area contributed by atoms with Gasteiger partial charge in [-0.25, -0.2) is 0 Å². The first-order valence-electron chi connectivity index (χ1n) is 7.55. The summed E-state index contributed by atoms with van der Waals surface area (Å²) in [5.41, 5.74) is 2.16. The molecule has 0 aromatic heterocycles. The highest BCUT2D eigenvalue weighted by Gasteiger charge is 2.23. The molecule has 4 nitrogen and oxygen atoms in total. The number of carbonyl (C=O) groups is 2. The summed E-state index contributed by atoms with van der Waals surface area (Å²) in [5.74, 6) is -0.147. The van der Waals surface area contributed by atoms with Gasteiger partial charge >= 0.3 is 0 Å². The fourth-order valence-electron chi connectivity index (χ4n) is 2.20. The van der Waals surface area contributed by atoms with Crippen molar-refractivity contribution in [3.63, 3.8) is 0 Å². The first-order chi connectivity index (χ1) is 11.1. The van der Waals surface area contributed by atoms with Gasteiger partial charge in [0.05, 0.1) is 6.42 Å². The van der Waals surface area contributed by atoms with E-state index in [1.165, 1.54) is 0 Å². The highest BCUT2D eigenvalue weighted by atomic mass is 35.5. The number of benzene rings is 2. The Labute approximate surface area is 139 Å². The minimum absolute atomic E-state index is 0.0467. The third kappa shape index (κ3) is 4.57. The van der Waals surface area contributed by atoms with Crippen molar-refractivity contribution >= 4 is 29.1 Å². The number of rotatable bonds is 5. The topological polar surface area (TPSA) is 58.2 Å². The molecule has 2 aromatic rings. The summed E-state index contributed by atoms with van der Waals surface area (Å²) in [6.07, 6.45) is 2.53. The van der Waals surface area contributed by atoms with E-state index in [1.807, 2.05) is 12.1 Å². The highest BCUT2D eigenvalue weighted by molar-refractivity contribution is 6.30. The van der Waals surface area contributed by atoms with Crippen LogP contribution in [0.4, 0.5) is 5.69 Å². The molecule has 0 aliphatic heterocycles. The molecule has 0 radical (unpaired) electrons. The van der Waals surface area contributed by atoms with Crippen LogP contribution in [0.25, 0.3) is 0 Å². The minimum Gasteiger partial charge on any atom is -0.353 e. The summed E-state index contributed by atoms with van der Waals surface area (Å²) in [6.45, 7) is 0. The van der Waals surface area contributed by atoms with Gasteiger partial charge in [-0.3, -0.25) is 9.59 Å². The number of nitrogens with one attached hydrogen (secondary N) is 2. The molecule has 5 heteroatoms. The number of hydrogen-bond donors (Lipinski definition) is 2. The Morgan fingerprint density at radius 3 is 2.26 bits per heavy atom. The first kappa shape index (κ1) is 15.6. The summed E-state index contributed by atoms with van der Waals surface area (Å²) in [7, 11) is 0. The van der Waals surface area contributed by atoms with Crippen molar-refractivity contribution in [3.05, 3.63) is 64.7 Å². The Morgan fingerprint density at radius 1 is 1.00 bits per heavy atom. The lowest BCUT2D eigenvalue weighted by atomic mass is 10.1. The van der Waals surface area contributed by atoms with Crippen LogP contribution in [0.1, 0.15) is 28.8 Å². The van der Waals surface area contributed by atoms with Gasteiger partial charge in [-0.2, -0.15) is 0 Å². The smallest absolute Gasteiger partial charge is 0.255 e. The van der Waals surface area contributed by atoms with Gasteiger partial charge in [-0.15, -0.1) is 0 Å². The Balaban J connectivity index is 1.57. The standard InChI is InChI=1S/C18H17ClN2O2/c19-14-5-3-13(4-6-14)18(23)21-16-7-1-12(2-8-16)11-17(22)20-15-9-10-15/h1-8,15H,9-11H2,(H,20,22)(H,21,23). The summed E-state index contributed by atoms with van der Waals surface area (Å²) in [6, 6.07) is 14.4. The monoisotopic (exact) mass is 328 g/mol. The average molecular weight is 329 g/mol. The molecule has 0 atom stereocenters. The second-order valence-electron chi connectivity index (χ2n) is 5.68. The number of carbonyl (C=O) groups excluding carboxylic acids is 2. The molecular weight excluding hydrogens is 312 g/mol. The van der Waals surface area contributed by atoms with Crippen LogP contribution in [0.5, 0.6) is 0 Å². The molecule has 118 valence electrons. The van der Waals surface area contributed by atoms with Crippen LogP contribution in [0.2, 0.25) is 5.02 Å². The normalized spacial score (nSPS) is 13.4. The molecule has 1 aliphatic carbocycles. The molecule has 23 heavy (non-hydrogen) atoms. The molecule has 1 saturated carbocycles. The zero-order valence-electron chi connectivity index (χ0n) is 12.5. The van der Waals surface area contributed by atoms with E-state index in [0.717, 1.165) is 18.4 Å². The third-order valence-corrected chi connectivity index (χ3v) is 3.88. The molecule has 3 rings (SSSR count). The van der Waals surface area contributed by atoms with E-state index in [2.05, 4.69) is 10.6 Å². The molecule has 0 bridgehead atoms. The van der Waals surface area contributed by atoms with Gasteiger partial charge in [0, 0.05) is 22.3 Å². The maximum absolute atomic E-state index is 12.1. The zero-order valence-corrected chi connectivity index (χ0v) is 13.3. The maximum atomic E-state index is 12.1. The Kier molecular flexibility index (Phi) is 4.63. The molecule has 1 aliphatic rings. The van der Waals surface area contributed by atoms with Crippen molar-refractivity contribution < 1.29 is 9.59 Å². The van der Waals surface area contributed by atoms with Gasteiger partial charge in [0.15, 0.2) is 0 Å². The summed E-state index contributed by atoms with van der Waals surface area (Å²) < 4.78 is 0. The van der Waals surface area contributed by atoms with Crippen LogP contribution in [-0.2, 0) is 11.2 Å². The minimum atomic E-state index is -0.194. The number of hydrogen-bond acceptors (Lipinski definition) is 2. The molecule has 2 aromatic carbocycles. The van der Waals surface area contributed by atoms with Crippen LogP contribution in [0, 0.1) is 0 Å². The molecule has 1 fully saturated rings. The number of anilines is 1. The second-order valence-corrected chi connectivity index (χ2v) is 6.11. The number of amides is 2. The average Bonchev–Trinajstić information content (AvgIpc) is 3.33. The Bertz CT molecular complexity index is 707. The van der Waals surface area contributed by atoms with E-state index in [-0.39, 0.29) is 11.8 Å². The van der Waals surface area contributed by atoms with Crippen molar-refractivity contribution in [2.75, 3.05) is 5.32 Å². The van der Waals surface area contributed by atoms with Gasteiger partial charge in [0.25, 0.3) is 5.91 Å². The molecule has 0 spiro atoms. The first-order valence-corrected chi connectivity index (χ1v) is 7.93. The lowest BCUT2D eigenvalue weighted by Crippen LogP contribution is -2.26. The zero-order chi connectivity index (χ0) is 16.2. The van der Waals surface area contributed by atoms with Crippen LogP contribution in [0.3, 0.4) is 0 Å². The quantitative estimate of drug-likeness (QED) is 0.883. The highest BCUT2D eigenvalue weighted by Crippen LogP contribution is 2.19. The molecule has 2 amide bonds. The largest absolute Gasteiger partial charge is 0.353 e.